The minimum atomic E-state index is -5.08. The predicted octanol–water partition coefficient (Wildman–Crippen LogP) is 4.25. The van der Waals surface area contributed by atoms with Crippen molar-refractivity contribution >= 4 is 29.7 Å². The molecule has 2 aromatic heterocycles. The fourth-order valence-corrected chi connectivity index (χ4v) is 3.66. The number of carbonyl (C=O) groups excluding carboxylic acids is 1. The van der Waals surface area contributed by atoms with Gasteiger partial charge in [-0.1, -0.05) is 24.3 Å². The standard InChI is InChI=1S/C24H26N4O2.C2HF3O2/c1-28(13-14-30-2)23-6-4-3-5-17(23)7-8-19-15-18(9-11-25-19)22-16-20-21(27-22)10-12-26-24(20)29;3-2(4,5)1(6)7/h3-9,11,15-16,27H,10,12-14H2,1-2H3,(H,26,29);(H,6,7). The summed E-state index contributed by atoms with van der Waals surface area (Å²) < 4.78 is 36.9. The van der Waals surface area contributed by atoms with Crippen LogP contribution in [-0.2, 0) is 16.0 Å². The molecule has 0 spiro atoms. The second-order valence-corrected chi connectivity index (χ2v) is 8.16. The number of benzene rings is 1. The van der Waals surface area contributed by atoms with Crippen molar-refractivity contribution in [3.63, 3.8) is 0 Å². The Balaban J connectivity index is 0.000000479. The Bertz CT molecular complexity index is 1270. The van der Waals surface area contributed by atoms with Gasteiger partial charge in [-0.15, -0.1) is 0 Å². The molecule has 1 aliphatic heterocycles. The lowest BCUT2D eigenvalue weighted by Gasteiger charge is -2.21. The molecular formula is C26H27F3N4O4. The lowest BCUT2D eigenvalue weighted by atomic mass is 10.1. The number of likely N-dealkylation sites (N-methyl/N-ethyl adjacent to an activating group) is 1. The number of nitrogens with one attached hydrogen (secondary N) is 2. The van der Waals surface area contributed by atoms with Gasteiger partial charge in [0.1, 0.15) is 0 Å². The summed E-state index contributed by atoms with van der Waals surface area (Å²) in [6.07, 6.45) is 1.64. The first-order valence-electron chi connectivity index (χ1n) is 11.3. The van der Waals surface area contributed by atoms with E-state index in [9.17, 15) is 18.0 Å². The molecule has 3 N–H and O–H groups in total. The normalized spacial score (nSPS) is 12.9. The number of fused-ring (bicyclic) bond motifs is 1. The van der Waals surface area contributed by atoms with E-state index in [1.165, 1.54) is 0 Å². The number of aliphatic carboxylic acids is 1. The predicted molar refractivity (Wildman–Crippen MR) is 134 cm³/mol. The molecule has 11 heteroatoms. The minimum Gasteiger partial charge on any atom is -0.475 e. The Kier molecular flexibility index (Phi) is 9.07. The first-order chi connectivity index (χ1) is 17.6. The Labute approximate surface area is 211 Å². The number of H-pyrrole nitrogens is 1. The van der Waals surface area contributed by atoms with Gasteiger partial charge >= 0.3 is 12.1 Å². The summed E-state index contributed by atoms with van der Waals surface area (Å²) in [5.74, 6) is -2.77. The van der Waals surface area contributed by atoms with Crippen LogP contribution in [0, 0.1) is 0 Å². The number of ether oxygens (including phenoxy) is 1. The molecule has 0 atom stereocenters. The molecule has 1 aromatic carbocycles. The molecule has 37 heavy (non-hydrogen) atoms. The van der Waals surface area contributed by atoms with Crippen LogP contribution < -0.4 is 10.2 Å². The van der Waals surface area contributed by atoms with E-state index in [1.807, 2.05) is 36.4 Å². The van der Waals surface area contributed by atoms with Crippen LogP contribution in [0.5, 0.6) is 0 Å². The third-order valence-corrected chi connectivity index (χ3v) is 5.55. The molecule has 4 rings (SSSR count). The molecule has 0 aliphatic carbocycles. The molecule has 196 valence electrons. The van der Waals surface area contributed by atoms with Crippen molar-refractivity contribution in [2.75, 3.05) is 38.8 Å². The molecule has 8 nitrogen and oxygen atoms in total. The number of amides is 1. The molecule has 3 aromatic rings. The smallest absolute Gasteiger partial charge is 0.475 e. The number of alkyl halides is 3. The maximum absolute atomic E-state index is 12.0. The number of halogens is 3. The SMILES string of the molecule is COCCN(C)c1ccccc1C=Cc1cc(-c2cc3c([nH]2)CCNC3=O)ccn1.O=C(O)C(F)(F)F. The van der Waals surface area contributed by atoms with Gasteiger partial charge in [0.15, 0.2) is 0 Å². The summed E-state index contributed by atoms with van der Waals surface area (Å²) in [5, 5.41) is 10.0. The number of pyridine rings is 1. The highest BCUT2D eigenvalue weighted by Gasteiger charge is 2.38. The van der Waals surface area contributed by atoms with Gasteiger partial charge in [0.25, 0.3) is 5.91 Å². The summed E-state index contributed by atoms with van der Waals surface area (Å²) in [4.78, 5) is 31.0. The first-order valence-corrected chi connectivity index (χ1v) is 11.3. The second kappa shape index (κ2) is 12.2. The number of carbonyl (C=O) groups is 2. The zero-order valence-electron chi connectivity index (χ0n) is 20.3. The monoisotopic (exact) mass is 516 g/mol. The third kappa shape index (κ3) is 7.43. The number of methoxy groups -OCH3 is 1. The van der Waals surface area contributed by atoms with Crippen molar-refractivity contribution in [3.05, 3.63) is 71.2 Å². The number of hydrogen-bond acceptors (Lipinski definition) is 5. The summed E-state index contributed by atoms with van der Waals surface area (Å²) in [6, 6.07) is 14.2. The number of aromatic nitrogens is 2. The number of hydrogen-bond donors (Lipinski definition) is 3. The maximum Gasteiger partial charge on any atom is 0.490 e. The maximum atomic E-state index is 12.0. The van der Waals surface area contributed by atoms with Gasteiger partial charge in [-0.05, 0) is 35.9 Å². The van der Waals surface area contributed by atoms with Crippen LogP contribution in [0.15, 0.2) is 48.7 Å². The number of carboxylic acid groups (broad SMARTS) is 1. The highest BCUT2D eigenvalue weighted by molar-refractivity contribution is 5.97. The summed E-state index contributed by atoms with van der Waals surface area (Å²) in [6.45, 7) is 2.17. The van der Waals surface area contributed by atoms with Crippen LogP contribution in [0.1, 0.15) is 27.3 Å². The Morgan fingerprint density at radius 2 is 1.95 bits per heavy atom. The summed E-state index contributed by atoms with van der Waals surface area (Å²) >= 11 is 0. The van der Waals surface area contributed by atoms with E-state index >= 15 is 0 Å². The second-order valence-electron chi connectivity index (χ2n) is 8.16. The van der Waals surface area contributed by atoms with Crippen LogP contribution >= 0.6 is 0 Å². The van der Waals surface area contributed by atoms with Gasteiger partial charge in [0.2, 0.25) is 0 Å². The van der Waals surface area contributed by atoms with E-state index in [2.05, 4.69) is 45.4 Å². The molecular weight excluding hydrogens is 489 g/mol. The average molecular weight is 517 g/mol. The highest BCUT2D eigenvalue weighted by Crippen LogP contribution is 2.25. The van der Waals surface area contributed by atoms with E-state index < -0.39 is 12.1 Å². The van der Waals surface area contributed by atoms with Gasteiger partial charge in [0, 0.05) is 62.5 Å². The van der Waals surface area contributed by atoms with Crippen LogP contribution in [0.2, 0.25) is 0 Å². The first kappa shape index (κ1) is 27.5. The molecule has 0 radical (unpaired) electrons. The lowest BCUT2D eigenvalue weighted by Crippen LogP contribution is -2.31. The van der Waals surface area contributed by atoms with Crippen LogP contribution in [0.4, 0.5) is 18.9 Å². The van der Waals surface area contributed by atoms with Crippen molar-refractivity contribution < 1.29 is 32.6 Å². The third-order valence-electron chi connectivity index (χ3n) is 5.55. The van der Waals surface area contributed by atoms with E-state index in [-0.39, 0.29) is 5.91 Å². The molecule has 0 saturated heterocycles. The van der Waals surface area contributed by atoms with E-state index in [4.69, 9.17) is 14.6 Å². The molecule has 1 aliphatic rings. The largest absolute Gasteiger partial charge is 0.490 e. The lowest BCUT2D eigenvalue weighted by molar-refractivity contribution is -0.192. The molecule has 0 fully saturated rings. The van der Waals surface area contributed by atoms with Crippen LogP contribution in [0.3, 0.4) is 0 Å². The molecule has 1 amide bonds. The summed E-state index contributed by atoms with van der Waals surface area (Å²) in [7, 11) is 3.78. The number of aromatic amines is 1. The van der Waals surface area contributed by atoms with Crippen LogP contribution in [-0.4, -0.2) is 67.0 Å². The van der Waals surface area contributed by atoms with Crippen molar-refractivity contribution in [2.45, 2.75) is 12.6 Å². The molecule has 0 saturated carbocycles. The number of nitrogens with zero attached hydrogens (tertiary/aromatic N) is 2. The van der Waals surface area contributed by atoms with Gasteiger partial charge in [-0.25, -0.2) is 4.79 Å². The number of rotatable bonds is 7. The zero-order chi connectivity index (χ0) is 27.0. The molecule has 3 heterocycles. The minimum absolute atomic E-state index is 0.0119. The van der Waals surface area contributed by atoms with Gasteiger partial charge in [0.05, 0.1) is 17.9 Å². The van der Waals surface area contributed by atoms with Crippen molar-refractivity contribution in [2.24, 2.45) is 0 Å². The van der Waals surface area contributed by atoms with Gasteiger partial charge < -0.3 is 25.0 Å². The average Bonchev–Trinajstić information content (AvgIpc) is 3.32. The topological polar surface area (TPSA) is 108 Å². The summed E-state index contributed by atoms with van der Waals surface area (Å²) in [5.41, 5.74) is 6.80. The van der Waals surface area contributed by atoms with Gasteiger partial charge in [-0.3, -0.25) is 9.78 Å². The number of anilines is 1. The van der Waals surface area contributed by atoms with Crippen molar-refractivity contribution in [3.8, 4) is 11.3 Å². The van der Waals surface area contributed by atoms with Gasteiger partial charge in [-0.2, -0.15) is 13.2 Å². The Morgan fingerprint density at radius 1 is 1.22 bits per heavy atom. The van der Waals surface area contributed by atoms with Crippen molar-refractivity contribution in [1.29, 1.82) is 0 Å². The van der Waals surface area contributed by atoms with E-state index in [1.54, 1.807) is 13.3 Å². The van der Waals surface area contributed by atoms with E-state index in [0.717, 1.165) is 52.4 Å². The highest BCUT2D eigenvalue weighted by atomic mass is 19.4. The molecule has 0 unspecified atom stereocenters. The number of carboxylic acids is 1. The number of para-hydroxylation sites is 1. The molecule has 0 bridgehead atoms. The fourth-order valence-electron chi connectivity index (χ4n) is 3.66. The Hall–Kier alpha value is -4.12. The Morgan fingerprint density at radius 3 is 2.62 bits per heavy atom. The zero-order valence-corrected chi connectivity index (χ0v) is 20.3. The van der Waals surface area contributed by atoms with Crippen LogP contribution in [0.25, 0.3) is 23.4 Å². The van der Waals surface area contributed by atoms with Crippen molar-refractivity contribution in [1.82, 2.24) is 15.3 Å². The fraction of sp³-hybridized carbons (Fsp3) is 0.269. The van der Waals surface area contributed by atoms with E-state index in [0.29, 0.717) is 13.2 Å². The quantitative estimate of drug-likeness (QED) is 0.434.